The zero-order chi connectivity index (χ0) is 10.9. The molecule has 0 radical (unpaired) electrons. The zero-order valence-electron chi connectivity index (χ0n) is 8.02. The summed E-state index contributed by atoms with van der Waals surface area (Å²) in [5, 5.41) is 17.8. The van der Waals surface area contributed by atoms with Crippen LogP contribution in [0.15, 0.2) is 23.8 Å². The molecule has 1 aliphatic rings. The van der Waals surface area contributed by atoms with Gasteiger partial charge < -0.3 is 10.2 Å². The van der Waals surface area contributed by atoms with Crippen molar-refractivity contribution in [3.8, 4) is 0 Å². The quantitative estimate of drug-likeness (QED) is 0.697. The number of carboxylic acids is 2. The van der Waals surface area contributed by atoms with Gasteiger partial charge in [0.2, 0.25) is 0 Å². The lowest BCUT2D eigenvalue weighted by molar-refractivity contribution is -0.143. The van der Waals surface area contributed by atoms with Gasteiger partial charge in [-0.25, -0.2) is 4.79 Å². The molecule has 0 saturated carbocycles. The smallest absolute Gasteiger partial charge is 0.332 e. The molecule has 0 aliphatic heterocycles. The lowest BCUT2D eigenvalue weighted by atomic mass is 9.70. The topological polar surface area (TPSA) is 74.6 Å². The molecule has 14 heavy (non-hydrogen) atoms. The molecule has 0 fully saturated rings. The predicted octanol–water partition coefficient (Wildman–Crippen LogP) is 1.29. The average Bonchev–Trinajstić information content (AvgIpc) is 2.01. The van der Waals surface area contributed by atoms with Gasteiger partial charge in [-0.1, -0.05) is 32.1 Å². The number of rotatable bonds is 2. The monoisotopic (exact) mass is 196 g/mol. The second-order valence-electron chi connectivity index (χ2n) is 3.81. The second kappa shape index (κ2) is 3.29. The maximum Gasteiger partial charge on any atom is 0.332 e. The Morgan fingerprint density at radius 3 is 2.36 bits per heavy atom. The van der Waals surface area contributed by atoms with Crippen molar-refractivity contribution in [1.29, 1.82) is 0 Å². The molecule has 4 heteroatoms. The third-order valence-electron chi connectivity index (χ3n) is 2.53. The summed E-state index contributed by atoms with van der Waals surface area (Å²) in [6.07, 6.45) is 4.43. The van der Waals surface area contributed by atoms with E-state index in [1.54, 1.807) is 13.8 Å². The van der Waals surface area contributed by atoms with Crippen LogP contribution in [-0.4, -0.2) is 22.2 Å². The highest BCUT2D eigenvalue weighted by molar-refractivity contribution is 5.91. The number of carboxylic acid groups (broad SMARTS) is 2. The van der Waals surface area contributed by atoms with Gasteiger partial charge in [-0.3, -0.25) is 4.79 Å². The third-order valence-corrected chi connectivity index (χ3v) is 2.53. The Balaban J connectivity index is 3.13. The van der Waals surface area contributed by atoms with E-state index in [1.807, 2.05) is 0 Å². The van der Waals surface area contributed by atoms with Crippen molar-refractivity contribution >= 4 is 11.9 Å². The highest BCUT2D eigenvalue weighted by Crippen LogP contribution is 2.38. The number of allylic oxidation sites excluding steroid dienone is 2. The van der Waals surface area contributed by atoms with Crippen molar-refractivity contribution in [3.05, 3.63) is 23.8 Å². The van der Waals surface area contributed by atoms with Crippen LogP contribution >= 0.6 is 0 Å². The standard InChI is InChI=1S/C10H12O4/c1-10(2)6(8(11)12)4-3-5-7(10)9(13)14/h3-6H,1-2H3,(H,11,12)(H,13,14). The Bertz CT molecular complexity index is 336. The summed E-state index contributed by atoms with van der Waals surface area (Å²) in [5.41, 5.74) is -0.737. The van der Waals surface area contributed by atoms with Crippen LogP contribution in [0.5, 0.6) is 0 Å². The van der Waals surface area contributed by atoms with E-state index in [-0.39, 0.29) is 5.57 Å². The Hall–Kier alpha value is -1.58. The molecular formula is C10H12O4. The first-order valence-electron chi connectivity index (χ1n) is 4.22. The minimum absolute atomic E-state index is 0.132. The summed E-state index contributed by atoms with van der Waals surface area (Å²) >= 11 is 0. The van der Waals surface area contributed by atoms with E-state index < -0.39 is 23.3 Å². The number of aliphatic carboxylic acids is 2. The molecule has 0 spiro atoms. The Kier molecular flexibility index (Phi) is 2.47. The van der Waals surface area contributed by atoms with Gasteiger partial charge in [0.05, 0.1) is 5.92 Å². The van der Waals surface area contributed by atoms with Crippen molar-refractivity contribution in [2.45, 2.75) is 13.8 Å². The summed E-state index contributed by atoms with van der Waals surface area (Å²) in [4.78, 5) is 21.7. The maximum absolute atomic E-state index is 10.9. The fraction of sp³-hybridized carbons (Fsp3) is 0.400. The van der Waals surface area contributed by atoms with Crippen LogP contribution in [0.4, 0.5) is 0 Å². The van der Waals surface area contributed by atoms with Crippen molar-refractivity contribution in [1.82, 2.24) is 0 Å². The van der Waals surface area contributed by atoms with Crippen molar-refractivity contribution < 1.29 is 19.8 Å². The van der Waals surface area contributed by atoms with E-state index in [0.717, 1.165) is 0 Å². The molecule has 0 saturated heterocycles. The molecule has 0 aromatic heterocycles. The van der Waals surface area contributed by atoms with E-state index in [9.17, 15) is 9.59 Å². The van der Waals surface area contributed by atoms with Gasteiger partial charge in [-0.05, 0) is 0 Å². The first kappa shape index (κ1) is 10.5. The SMILES string of the molecule is CC1(C)C(C(=O)O)=CC=CC1C(=O)O. The summed E-state index contributed by atoms with van der Waals surface area (Å²) in [6, 6.07) is 0. The van der Waals surface area contributed by atoms with Gasteiger partial charge in [0.25, 0.3) is 0 Å². The average molecular weight is 196 g/mol. The summed E-state index contributed by atoms with van der Waals surface area (Å²) in [6.45, 7) is 3.24. The molecule has 1 rings (SSSR count). The normalized spacial score (nSPS) is 24.1. The lowest BCUT2D eigenvalue weighted by Crippen LogP contribution is -2.35. The van der Waals surface area contributed by atoms with E-state index in [1.165, 1.54) is 18.2 Å². The van der Waals surface area contributed by atoms with Crippen LogP contribution < -0.4 is 0 Å². The van der Waals surface area contributed by atoms with Gasteiger partial charge in [-0.15, -0.1) is 0 Å². The van der Waals surface area contributed by atoms with Gasteiger partial charge in [0.15, 0.2) is 0 Å². The molecule has 1 unspecified atom stereocenters. The first-order valence-corrected chi connectivity index (χ1v) is 4.22. The van der Waals surface area contributed by atoms with Gasteiger partial charge in [0.1, 0.15) is 0 Å². The Labute approximate surface area is 81.6 Å². The Morgan fingerprint density at radius 2 is 1.93 bits per heavy atom. The molecular weight excluding hydrogens is 184 g/mol. The van der Waals surface area contributed by atoms with Gasteiger partial charge in [-0.2, -0.15) is 0 Å². The number of hydrogen-bond donors (Lipinski definition) is 2. The second-order valence-corrected chi connectivity index (χ2v) is 3.81. The van der Waals surface area contributed by atoms with E-state index in [4.69, 9.17) is 10.2 Å². The minimum atomic E-state index is -1.06. The van der Waals surface area contributed by atoms with Crippen molar-refractivity contribution in [3.63, 3.8) is 0 Å². The van der Waals surface area contributed by atoms with E-state index >= 15 is 0 Å². The fourth-order valence-corrected chi connectivity index (χ4v) is 1.62. The first-order chi connectivity index (χ1) is 6.37. The maximum atomic E-state index is 10.9. The van der Waals surface area contributed by atoms with E-state index in [2.05, 4.69) is 0 Å². The lowest BCUT2D eigenvalue weighted by Gasteiger charge is -2.32. The van der Waals surface area contributed by atoms with Crippen LogP contribution in [0.3, 0.4) is 0 Å². The third kappa shape index (κ3) is 1.55. The molecule has 0 heterocycles. The summed E-state index contributed by atoms with van der Waals surface area (Å²) < 4.78 is 0. The molecule has 0 aromatic carbocycles. The molecule has 4 nitrogen and oxygen atoms in total. The zero-order valence-corrected chi connectivity index (χ0v) is 8.02. The van der Waals surface area contributed by atoms with Crippen LogP contribution in [0.25, 0.3) is 0 Å². The van der Waals surface area contributed by atoms with Crippen molar-refractivity contribution in [2.75, 3.05) is 0 Å². The van der Waals surface area contributed by atoms with Crippen molar-refractivity contribution in [2.24, 2.45) is 11.3 Å². The number of hydrogen-bond acceptors (Lipinski definition) is 2. The van der Waals surface area contributed by atoms with Gasteiger partial charge in [0, 0.05) is 11.0 Å². The molecule has 0 bridgehead atoms. The molecule has 0 aromatic rings. The predicted molar refractivity (Wildman–Crippen MR) is 49.8 cm³/mol. The molecule has 0 amide bonds. The minimum Gasteiger partial charge on any atom is -0.481 e. The highest BCUT2D eigenvalue weighted by atomic mass is 16.4. The van der Waals surface area contributed by atoms with E-state index in [0.29, 0.717) is 0 Å². The molecule has 76 valence electrons. The van der Waals surface area contributed by atoms with Crippen LogP contribution in [-0.2, 0) is 9.59 Å². The molecule has 1 aliphatic carbocycles. The van der Waals surface area contributed by atoms with Gasteiger partial charge >= 0.3 is 11.9 Å². The Morgan fingerprint density at radius 1 is 1.36 bits per heavy atom. The number of carbonyl (C=O) groups is 2. The fourth-order valence-electron chi connectivity index (χ4n) is 1.62. The largest absolute Gasteiger partial charge is 0.481 e. The van der Waals surface area contributed by atoms with Crippen LogP contribution in [0, 0.1) is 11.3 Å². The molecule has 2 N–H and O–H groups in total. The summed E-state index contributed by atoms with van der Waals surface area (Å²) in [7, 11) is 0. The summed E-state index contributed by atoms with van der Waals surface area (Å²) in [5.74, 6) is -2.85. The molecule has 1 atom stereocenters. The van der Waals surface area contributed by atoms with Crippen LogP contribution in [0.1, 0.15) is 13.8 Å². The van der Waals surface area contributed by atoms with Crippen LogP contribution in [0.2, 0.25) is 0 Å². The highest BCUT2D eigenvalue weighted by Gasteiger charge is 2.40.